The average Bonchev–Trinajstić information content (AvgIpc) is 3.43. The Morgan fingerprint density at radius 1 is 0.583 bits per heavy atom. The molecule has 4 aromatic carbocycles. The van der Waals surface area contributed by atoms with Gasteiger partial charge in [-0.05, 0) is 23.8 Å². The molecule has 0 amide bonds. The van der Waals surface area contributed by atoms with E-state index in [4.69, 9.17) is 15.2 Å². The molecule has 36 heavy (non-hydrogen) atoms. The summed E-state index contributed by atoms with van der Waals surface area (Å²) >= 11 is 0. The van der Waals surface area contributed by atoms with Gasteiger partial charge < -0.3 is 10.5 Å². The van der Waals surface area contributed by atoms with Gasteiger partial charge in [-0.25, -0.2) is 12.1 Å². The number of halogens is 6. The number of hydrogen-bond donors (Lipinski definition) is 0. The third kappa shape index (κ3) is 19.6. The monoisotopic (exact) mass is 585 g/mol. The third-order valence-electron chi connectivity index (χ3n) is 3.60. The fraction of sp³-hybridized carbons (Fsp3) is 0. The van der Waals surface area contributed by atoms with Gasteiger partial charge in [0.1, 0.15) is 0 Å². The molecule has 1 radical (unpaired) electrons. The van der Waals surface area contributed by atoms with Crippen molar-refractivity contribution >= 4 is 31.6 Å². The van der Waals surface area contributed by atoms with Gasteiger partial charge in [0.25, 0.3) is 0 Å². The second-order valence-corrected chi connectivity index (χ2v) is 10.4. The van der Waals surface area contributed by atoms with Crippen molar-refractivity contribution in [3.63, 3.8) is 0 Å². The Bertz CT molecular complexity index is 963. The van der Waals surface area contributed by atoms with Gasteiger partial charge in [-0.3, -0.25) is 0 Å². The van der Waals surface area contributed by atoms with Gasteiger partial charge in [0.05, 0.1) is 0 Å². The fourth-order valence-electron chi connectivity index (χ4n) is 2.50. The van der Waals surface area contributed by atoms with E-state index >= 15 is 0 Å². The van der Waals surface area contributed by atoms with Crippen molar-refractivity contribution in [1.82, 2.24) is 0 Å². The maximum Gasteiger partial charge on any atom is 2.00 e. The minimum absolute atomic E-state index is 0. The first kappa shape index (κ1) is 35.5. The van der Waals surface area contributed by atoms with Crippen molar-refractivity contribution < 1.29 is 46.9 Å². The molecule has 0 fully saturated rings. The van der Waals surface area contributed by atoms with Crippen LogP contribution in [0, 0.1) is 11.6 Å². The van der Waals surface area contributed by atoms with E-state index in [1.807, 2.05) is 30.3 Å². The topological polar surface area (TPSA) is 59.3 Å². The molecule has 4 aromatic rings. The first-order valence-electron chi connectivity index (χ1n) is 9.47. The number of rotatable bonds is 3. The van der Waals surface area contributed by atoms with Crippen molar-refractivity contribution in [3.8, 4) is 0 Å². The van der Waals surface area contributed by atoms with E-state index in [0.29, 0.717) is 0 Å². The Hall–Kier alpha value is -2.69. The molecule has 4 rings (SSSR count). The van der Waals surface area contributed by atoms with E-state index in [1.165, 1.54) is 15.9 Å². The van der Waals surface area contributed by atoms with Gasteiger partial charge in [0.15, 0.2) is 0 Å². The van der Waals surface area contributed by atoms with Crippen LogP contribution in [0.1, 0.15) is 0 Å². The van der Waals surface area contributed by atoms with Crippen molar-refractivity contribution in [1.29, 1.82) is 0 Å². The van der Waals surface area contributed by atoms with Crippen molar-refractivity contribution in [2.75, 3.05) is 0 Å². The molecule has 0 aliphatic heterocycles. The summed E-state index contributed by atoms with van der Waals surface area (Å²) in [7, 11) is -11.1. The summed E-state index contributed by atoms with van der Waals surface area (Å²) in [6.07, 6.45) is 0. The SMILES string of the molecule is F[P-](F)(F)(F)(F)F.[C-]#[O+].[Mn+2].[N-]=O.c1cc[cH-]c1.c1ccc(P(c2ccccc2)c2ccccc2)cc1. The van der Waals surface area contributed by atoms with E-state index in [9.17, 15) is 25.2 Å². The maximum atomic E-state index is 9.87. The molecule has 193 valence electrons. The van der Waals surface area contributed by atoms with E-state index in [1.54, 1.807) is 0 Å². The van der Waals surface area contributed by atoms with Crippen LogP contribution in [0.15, 0.2) is 121 Å². The van der Waals surface area contributed by atoms with E-state index in [0.717, 1.165) is 0 Å². The molecule has 0 saturated carbocycles. The molecule has 0 spiro atoms. The Morgan fingerprint density at radius 2 is 0.806 bits per heavy atom. The summed E-state index contributed by atoms with van der Waals surface area (Å²) in [6, 6.07) is 42.3. The zero-order valence-corrected chi connectivity index (χ0v) is 21.3. The van der Waals surface area contributed by atoms with Crippen LogP contribution in [0.25, 0.3) is 5.59 Å². The molecule has 0 saturated heterocycles. The summed E-state index contributed by atoms with van der Waals surface area (Å²) in [5.74, 6) is 0. The Balaban J connectivity index is 0. The molecular formula is C24H20F6MnNO2P2-. The quantitative estimate of drug-likeness (QED) is 0.0782. The van der Waals surface area contributed by atoms with Crippen LogP contribution in [0.4, 0.5) is 25.2 Å². The van der Waals surface area contributed by atoms with E-state index < -0.39 is 15.7 Å². The Labute approximate surface area is 216 Å². The van der Waals surface area contributed by atoms with Gasteiger partial charge >= 0.3 is 61.4 Å². The third-order valence-corrected chi connectivity index (χ3v) is 6.04. The van der Waals surface area contributed by atoms with Crippen molar-refractivity contribution in [2.24, 2.45) is 0 Å². The Morgan fingerprint density at radius 3 is 0.972 bits per heavy atom. The van der Waals surface area contributed by atoms with Gasteiger partial charge in [-0.15, -0.1) is 0 Å². The molecule has 0 atom stereocenters. The van der Waals surface area contributed by atoms with Crippen molar-refractivity contribution in [3.05, 3.63) is 138 Å². The average molecular weight is 585 g/mol. The first-order chi connectivity index (χ1) is 16.4. The second kappa shape index (κ2) is 16.1. The summed E-state index contributed by atoms with van der Waals surface area (Å²) in [6.45, 7) is 4.50. The Kier molecular flexibility index (Phi) is 15.9. The summed E-state index contributed by atoms with van der Waals surface area (Å²) < 4.78 is 66.7. The smallest absolute Gasteiger partial charge is 0.577 e. The number of benzene rings is 3. The van der Waals surface area contributed by atoms with Gasteiger partial charge in [-0.1, -0.05) is 91.0 Å². The molecule has 0 aliphatic rings. The molecule has 3 nitrogen and oxygen atoms in total. The number of nitrogens with zero attached hydrogens (tertiary/aromatic N) is 1. The van der Waals surface area contributed by atoms with Crippen LogP contribution in [0.2, 0.25) is 0 Å². The zero-order valence-electron chi connectivity index (χ0n) is 18.4. The molecule has 0 aliphatic carbocycles. The van der Waals surface area contributed by atoms with E-state index in [2.05, 4.69) is 97.6 Å². The van der Waals surface area contributed by atoms with Gasteiger partial charge in [-0.2, -0.15) is 18.2 Å². The molecule has 12 heteroatoms. The molecule has 0 heterocycles. The van der Waals surface area contributed by atoms with Crippen molar-refractivity contribution in [2.45, 2.75) is 0 Å². The molecule has 0 aromatic heterocycles. The van der Waals surface area contributed by atoms with Crippen LogP contribution < -0.4 is 15.9 Å². The van der Waals surface area contributed by atoms with Crippen LogP contribution in [-0.4, -0.2) is 0 Å². The second-order valence-electron chi connectivity index (χ2n) is 6.26. The van der Waals surface area contributed by atoms with Gasteiger partial charge in [0, 0.05) is 0 Å². The zero-order chi connectivity index (χ0) is 26.9. The van der Waals surface area contributed by atoms with Crippen LogP contribution in [-0.2, 0) is 21.7 Å². The predicted octanol–water partition coefficient (Wildman–Crippen LogP) is 8.51. The number of hydrogen-bond acceptors (Lipinski definition) is 1. The molecule has 0 unspecified atom stereocenters. The largest absolute Gasteiger partial charge is 2.00 e. The standard InChI is InChI=1S/C18H15P.C5H5.CO.F6P.Mn.NO/c1-4-10-16(11-5-1)19(17-12-6-2-7-13-17)18-14-8-3-9-15-18;1-2-4-5-3-1;1-2;1-7(2,3,4,5)6;;1-2/h1-15H;1-5H;;;;/q;-1;;-1;+2;-1. The minimum atomic E-state index is -10.7. The molecular weight excluding hydrogens is 565 g/mol. The summed E-state index contributed by atoms with van der Waals surface area (Å²) in [5, 5.41) is 4.19. The van der Waals surface area contributed by atoms with Crippen LogP contribution >= 0.6 is 15.7 Å². The van der Waals surface area contributed by atoms with Gasteiger partial charge in [0.2, 0.25) is 0 Å². The fourth-order valence-corrected chi connectivity index (χ4v) is 4.80. The van der Waals surface area contributed by atoms with Crippen LogP contribution in [0.3, 0.4) is 0 Å². The van der Waals surface area contributed by atoms with E-state index in [-0.39, 0.29) is 17.1 Å². The minimum Gasteiger partial charge on any atom is -0.577 e. The predicted molar refractivity (Wildman–Crippen MR) is 131 cm³/mol. The van der Waals surface area contributed by atoms with Crippen LogP contribution in [0.5, 0.6) is 0 Å². The first-order valence-corrected chi connectivity index (χ1v) is 12.8. The molecule has 0 bridgehead atoms. The maximum absolute atomic E-state index is 10.7. The summed E-state index contributed by atoms with van der Waals surface area (Å²) in [5.41, 5.74) is 5.75. The normalized spacial score (nSPS) is 11.4. The summed E-state index contributed by atoms with van der Waals surface area (Å²) in [4.78, 5) is 7.25. The molecule has 0 N–H and O–H groups in total. The number of nitroso groups, excluding NO2 is 1.